The molecular weight excluding hydrogens is 196 g/mol. The van der Waals surface area contributed by atoms with Crippen LogP contribution in [-0.2, 0) is 7.05 Å². The normalized spacial score (nSPS) is 11.1. The van der Waals surface area contributed by atoms with Gasteiger partial charge in [-0.05, 0) is 24.0 Å². The molecule has 1 aromatic carbocycles. The van der Waals surface area contributed by atoms with E-state index < -0.39 is 0 Å². The van der Waals surface area contributed by atoms with Crippen molar-refractivity contribution in [2.24, 2.45) is 7.05 Å². The average Bonchev–Trinajstić information content (AvgIpc) is 2.64. The fraction of sp³-hybridized carbons (Fsp3) is 0.357. The van der Waals surface area contributed by atoms with Crippen LogP contribution in [0.25, 0.3) is 11.1 Å². The lowest BCUT2D eigenvalue weighted by Crippen LogP contribution is -1.90. The summed E-state index contributed by atoms with van der Waals surface area (Å²) in [7, 11) is 1.95. The van der Waals surface area contributed by atoms with Crippen LogP contribution in [0.1, 0.15) is 30.9 Å². The third-order valence-electron chi connectivity index (χ3n) is 2.80. The van der Waals surface area contributed by atoms with Gasteiger partial charge in [-0.25, -0.2) is 0 Å². The van der Waals surface area contributed by atoms with Gasteiger partial charge < -0.3 is 0 Å². The zero-order chi connectivity index (χ0) is 11.7. The SMILES string of the molecule is Cc1cc(-c2cnn(C)c2)cc(C(C)C)c1. The summed E-state index contributed by atoms with van der Waals surface area (Å²) >= 11 is 0. The molecule has 0 spiro atoms. The van der Waals surface area contributed by atoms with Gasteiger partial charge >= 0.3 is 0 Å². The van der Waals surface area contributed by atoms with Crippen molar-refractivity contribution < 1.29 is 0 Å². The summed E-state index contributed by atoms with van der Waals surface area (Å²) in [6, 6.07) is 6.72. The molecule has 0 aliphatic carbocycles. The van der Waals surface area contributed by atoms with Crippen LogP contribution >= 0.6 is 0 Å². The highest BCUT2D eigenvalue weighted by Crippen LogP contribution is 2.25. The first-order valence-electron chi connectivity index (χ1n) is 5.67. The lowest BCUT2D eigenvalue weighted by molar-refractivity contribution is 0.768. The van der Waals surface area contributed by atoms with E-state index in [-0.39, 0.29) is 0 Å². The molecule has 2 aromatic rings. The third kappa shape index (κ3) is 2.16. The van der Waals surface area contributed by atoms with Gasteiger partial charge in [-0.2, -0.15) is 5.10 Å². The van der Waals surface area contributed by atoms with E-state index in [0.717, 1.165) is 0 Å². The predicted molar refractivity (Wildman–Crippen MR) is 67.5 cm³/mol. The lowest BCUT2D eigenvalue weighted by atomic mass is 9.96. The largest absolute Gasteiger partial charge is 0.275 e. The Bertz CT molecular complexity index is 495. The van der Waals surface area contributed by atoms with Crippen LogP contribution in [0, 0.1) is 6.92 Å². The summed E-state index contributed by atoms with van der Waals surface area (Å²) in [5, 5.41) is 4.21. The van der Waals surface area contributed by atoms with Crippen LogP contribution in [0.3, 0.4) is 0 Å². The summed E-state index contributed by atoms with van der Waals surface area (Å²) in [5.41, 5.74) is 5.15. The molecule has 0 amide bonds. The minimum atomic E-state index is 0.565. The quantitative estimate of drug-likeness (QED) is 0.748. The molecule has 1 heterocycles. The minimum absolute atomic E-state index is 0.565. The molecule has 0 radical (unpaired) electrons. The molecule has 2 heteroatoms. The van der Waals surface area contributed by atoms with E-state index in [1.807, 2.05) is 17.9 Å². The van der Waals surface area contributed by atoms with Gasteiger partial charge in [-0.15, -0.1) is 0 Å². The van der Waals surface area contributed by atoms with Crippen molar-refractivity contribution in [1.29, 1.82) is 0 Å². The van der Waals surface area contributed by atoms with E-state index in [1.165, 1.54) is 22.3 Å². The lowest BCUT2D eigenvalue weighted by Gasteiger charge is -2.09. The predicted octanol–water partition coefficient (Wildman–Crippen LogP) is 3.52. The second-order valence-corrected chi connectivity index (χ2v) is 4.69. The first-order chi connectivity index (χ1) is 7.56. The number of rotatable bonds is 2. The van der Waals surface area contributed by atoms with Crippen LogP contribution in [0.5, 0.6) is 0 Å². The Balaban J connectivity index is 2.49. The average molecular weight is 214 g/mol. The fourth-order valence-corrected chi connectivity index (χ4v) is 1.88. The maximum atomic E-state index is 4.21. The molecule has 0 aliphatic heterocycles. The van der Waals surface area contributed by atoms with E-state index in [2.05, 4.69) is 50.3 Å². The molecule has 0 fully saturated rings. The number of benzene rings is 1. The Labute approximate surface area is 96.9 Å². The van der Waals surface area contributed by atoms with Crippen molar-refractivity contribution in [2.75, 3.05) is 0 Å². The van der Waals surface area contributed by atoms with Gasteiger partial charge in [0.2, 0.25) is 0 Å². The number of hydrogen-bond donors (Lipinski definition) is 0. The molecule has 0 unspecified atom stereocenters. The highest BCUT2D eigenvalue weighted by molar-refractivity contribution is 5.63. The van der Waals surface area contributed by atoms with E-state index in [1.54, 1.807) is 0 Å². The first-order valence-corrected chi connectivity index (χ1v) is 5.67. The Kier molecular flexibility index (Phi) is 2.82. The van der Waals surface area contributed by atoms with Gasteiger partial charge in [-0.3, -0.25) is 4.68 Å². The van der Waals surface area contributed by atoms with Crippen LogP contribution in [0.2, 0.25) is 0 Å². The van der Waals surface area contributed by atoms with E-state index >= 15 is 0 Å². The zero-order valence-electron chi connectivity index (χ0n) is 10.4. The fourth-order valence-electron chi connectivity index (χ4n) is 1.88. The molecule has 0 aliphatic rings. The summed E-state index contributed by atoms with van der Waals surface area (Å²) in [6.07, 6.45) is 3.97. The second-order valence-electron chi connectivity index (χ2n) is 4.69. The number of hydrogen-bond acceptors (Lipinski definition) is 1. The highest BCUT2D eigenvalue weighted by atomic mass is 15.2. The molecule has 0 atom stereocenters. The van der Waals surface area contributed by atoms with Gasteiger partial charge in [0.15, 0.2) is 0 Å². The summed E-state index contributed by atoms with van der Waals surface area (Å²) in [4.78, 5) is 0. The first kappa shape index (κ1) is 10.9. The van der Waals surface area contributed by atoms with E-state index in [4.69, 9.17) is 0 Å². The zero-order valence-corrected chi connectivity index (χ0v) is 10.4. The van der Waals surface area contributed by atoms with Gasteiger partial charge in [0.1, 0.15) is 0 Å². The van der Waals surface area contributed by atoms with Crippen molar-refractivity contribution in [2.45, 2.75) is 26.7 Å². The van der Waals surface area contributed by atoms with Crippen LogP contribution in [-0.4, -0.2) is 9.78 Å². The Hall–Kier alpha value is -1.57. The summed E-state index contributed by atoms with van der Waals surface area (Å²) < 4.78 is 1.84. The topological polar surface area (TPSA) is 17.8 Å². The van der Waals surface area contributed by atoms with Gasteiger partial charge in [-0.1, -0.05) is 37.6 Å². The molecule has 2 rings (SSSR count). The van der Waals surface area contributed by atoms with Crippen molar-refractivity contribution >= 4 is 0 Å². The van der Waals surface area contributed by atoms with E-state index in [0.29, 0.717) is 5.92 Å². The molecule has 0 saturated carbocycles. The van der Waals surface area contributed by atoms with Crippen LogP contribution < -0.4 is 0 Å². The molecule has 84 valence electrons. The van der Waals surface area contributed by atoms with E-state index in [9.17, 15) is 0 Å². The molecule has 0 N–H and O–H groups in total. The van der Waals surface area contributed by atoms with Crippen LogP contribution in [0.4, 0.5) is 0 Å². The summed E-state index contributed by atoms with van der Waals surface area (Å²) in [5.74, 6) is 0.565. The number of nitrogens with zero attached hydrogens (tertiary/aromatic N) is 2. The third-order valence-corrected chi connectivity index (χ3v) is 2.80. The van der Waals surface area contributed by atoms with Gasteiger partial charge in [0.25, 0.3) is 0 Å². The van der Waals surface area contributed by atoms with Gasteiger partial charge in [0, 0.05) is 18.8 Å². The molecule has 16 heavy (non-hydrogen) atoms. The monoisotopic (exact) mass is 214 g/mol. The Morgan fingerprint density at radius 3 is 2.44 bits per heavy atom. The second kappa shape index (κ2) is 4.12. The highest BCUT2D eigenvalue weighted by Gasteiger charge is 2.05. The van der Waals surface area contributed by atoms with Crippen molar-refractivity contribution in [3.63, 3.8) is 0 Å². The number of aromatic nitrogens is 2. The molecular formula is C14H18N2. The molecule has 1 aromatic heterocycles. The minimum Gasteiger partial charge on any atom is -0.275 e. The molecule has 0 saturated heterocycles. The maximum Gasteiger partial charge on any atom is 0.0568 e. The van der Waals surface area contributed by atoms with Crippen LogP contribution in [0.15, 0.2) is 30.6 Å². The maximum absolute atomic E-state index is 4.21. The standard InChI is InChI=1S/C14H18N2/c1-10(2)12-5-11(3)6-13(7-12)14-8-15-16(4)9-14/h5-10H,1-4H3. The van der Waals surface area contributed by atoms with Crippen molar-refractivity contribution in [3.05, 3.63) is 41.7 Å². The molecule has 2 nitrogen and oxygen atoms in total. The smallest absolute Gasteiger partial charge is 0.0568 e. The van der Waals surface area contributed by atoms with Gasteiger partial charge in [0.05, 0.1) is 6.20 Å². The Morgan fingerprint density at radius 2 is 1.88 bits per heavy atom. The van der Waals surface area contributed by atoms with Crippen molar-refractivity contribution in [3.8, 4) is 11.1 Å². The number of aryl methyl sites for hydroxylation is 2. The molecule has 0 bridgehead atoms. The summed E-state index contributed by atoms with van der Waals surface area (Å²) in [6.45, 7) is 6.59. The van der Waals surface area contributed by atoms with Crippen molar-refractivity contribution in [1.82, 2.24) is 9.78 Å². The Morgan fingerprint density at radius 1 is 1.12 bits per heavy atom.